The Kier molecular flexibility index (Phi) is 5.34. The highest BCUT2D eigenvalue weighted by atomic mass is 32.2. The van der Waals surface area contributed by atoms with Crippen molar-refractivity contribution in [3.63, 3.8) is 0 Å². The van der Waals surface area contributed by atoms with Crippen LogP contribution >= 0.6 is 0 Å². The highest BCUT2D eigenvalue weighted by molar-refractivity contribution is 7.90. The summed E-state index contributed by atoms with van der Waals surface area (Å²) >= 11 is 0. The third kappa shape index (κ3) is 5.29. The van der Waals surface area contributed by atoms with Gasteiger partial charge in [-0.05, 0) is 13.8 Å². The van der Waals surface area contributed by atoms with Crippen molar-refractivity contribution in [3.8, 4) is 0 Å². The normalized spacial score (nSPS) is 12.5. The molecular formula is C11H20N4O3S. The van der Waals surface area contributed by atoms with E-state index in [2.05, 4.69) is 20.8 Å². The van der Waals surface area contributed by atoms with Gasteiger partial charge < -0.3 is 15.2 Å². The van der Waals surface area contributed by atoms with Gasteiger partial charge in [-0.25, -0.2) is 8.42 Å². The zero-order valence-electron chi connectivity index (χ0n) is 11.6. The predicted molar refractivity (Wildman–Crippen MR) is 73.9 cm³/mol. The number of sulfone groups is 1. The van der Waals surface area contributed by atoms with Gasteiger partial charge >= 0.3 is 0 Å². The highest BCUT2D eigenvalue weighted by Crippen LogP contribution is 2.11. The van der Waals surface area contributed by atoms with Crippen LogP contribution in [0.25, 0.3) is 0 Å². The molecule has 2 N–H and O–H groups in total. The molecule has 0 bridgehead atoms. The Bertz CT molecular complexity index is 529. The lowest BCUT2D eigenvalue weighted by Gasteiger charge is -2.11. The van der Waals surface area contributed by atoms with Crippen molar-refractivity contribution in [2.24, 2.45) is 4.99 Å². The van der Waals surface area contributed by atoms with E-state index in [1.807, 2.05) is 13.8 Å². The summed E-state index contributed by atoms with van der Waals surface area (Å²) in [5, 5.41) is 9.88. The van der Waals surface area contributed by atoms with Gasteiger partial charge in [0.1, 0.15) is 15.6 Å². The number of guanidine groups is 1. The first-order valence-corrected chi connectivity index (χ1v) is 7.93. The topological polar surface area (TPSA) is 96.6 Å². The lowest BCUT2D eigenvalue weighted by Crippen LogP contribution is -2.39. The molecular weight excluding hydrogens is 268 g/mol. The number of aliphatic imine (C=N–C) groups is 1. The molecule has 7 nitrogen and oxygen atoms in total. The molecule has 0 saturated carbocycles. The van der Waals surface area contributed by atoms with Gasteiger partial charge in [-0.3, -0.25) is 4.99 Å². The monoisotopic (exact) mass is 288 g/mol. The fourth-order valence-electron chi connectivity index (χ4n) is 1.50. The summed E-state index contributed by atoms with van der Waals surface area (Å²) in [5.74, 6) is 1.37. The molecule has 0 aromatic carbocycles. The van der Waals surface area contributed by atoms with E-state index in [1.54, 1.807) is 7.05 Å². The van der Waals surface area contributed by atoms with E-state index in [0.29, 0.717) is 19.0 Å². The molecule has 0 unspecified atom stereocenters. The molecule has 1 rings (SSSR count). The van der Waals surface area contributed by atoms with Gasteiger partial charge in [0.05, 0.1) is 11.4 Å². The molecule has 0 aliphatic heterocycles. The maximum atomic E-state index is 11.0. The van der Waals surface area contributed by atoms with Gasteiger partial charge in [0.15, 0.2) is 5.96 Å². The van der Waals surface area contributed by atoms with Crippen LogP contribution in [0.2, 0.25) is 0 Å². The number of nitrogens with zero attached hydrogens (tertiary/aromatic N) is 2. The van der Waals surface area contributed by atoms with Gasteiger partial charge in [-0.2, -0.15) is 0 Å². The van der Waals surface area contributed by atoms with Gasteiger partial charge in [-0.15, -0.1) is 0 Å². The van der Waals surface area contributed by atoms with E-state index in [1.165, 1.54) is 6.26 Å². The quantitative estimate of drug-likeness (QED) is 0.585. The first-order valence-electron chi connectivity index (χ1n) is 5.87. The second kappa shape index (κ2) is 6.55. The number of aromatic nitrogens is 1. The maximum Gasteiger partial charge on any atom is 0.191 e. The Hall–Kier alpha value is -1.57. The van der Waals surface area contributed by atoms with E-state index < -0.39 is 9.84 Å². The standard InChI is InChI=1S/C11H20N4O3S/c1-8-10(9(2)18-15-8)7-14-11(12-3)13-5-6-19(4,16)17/h5-7H2,1-4H3,(H2,12,13,14). The molecule has 0 aliphatic carbocycles. The Morgan fingerprint density at radius 1 is 1.37 bits per heavy atom. The smallest absolute Gasteiger partial charge is 0.191 e. The summed E-state index contributed by atoms with van der Waals surface area (Å²) in [5.41, 5.74) is 1.81. The van der Waals surface area contributed by atoms with E-state index in [-0.39, 0.29) is 5.75 Å². The van der Waals surface area contributed by atoms with Crippen LogP contribution in [0.5, 0.6) is 0 Å². The van der Waals surface area contributed by atoms with Crippen LogP contribution in [-0.2, 0) is 16.4 Å². The minimum Gasteiger partial charge on any atom is -0.361 e. The van der Waals surface area contributed by atoms with E-state index in [0.717, 1.165) is 17.0 Å². The van der Waals surface area contributed by atoms with E-state index >= 15 is 0 Å². The fourth-order valence-corrected chi connectivity index (χ4v) is 1.97. The molecule has 19 heavy (non-hydrogen) atoms. The van der Waals surface area contributed by atoms with Crippen LogP contribution in [0, 0.1) is 13.8 Å². The summed E-state index contributed by atoms with van der Waals surface area (Å²) in [4.78, 5) is 4.01. The van der Waals surface area contributed by atoms with E-state index in [9.17, 15) is 8.42 Å². The number of aryl methyl sites for hydroxylation is 2. The number of nitrogens with one attached hydrogen (secondary N) is 2. The predicted octanol–water partition coefficient (Wildman–Crippen LogP) is 0.00104. The molecule has 108 valence electrons. The van der Waals surface area contributed by atoms with Crippen molar-refractivity contribution >= 4 is 15.8 Å². The summed E-state index contributed by atoms with van der Waals surface area (Å²) in [6.07, 6.45) is 1.20. The second-order valence-electron chi connectivity index (χ2n) is 4.29. The minimum absolute atomic E-state index is 0.0685. The summed E-state index contributed by atoms with van der Waals surface area (Å²) < 4.78 is 27.1. The van der Waals surface area contributed by atoms with E-state index in [4.69, 9.17) is 4.52 Å². The number of rotatable bonds is 5. The molecule has 1 aromatic rings. The van der Waals surface area contributed by atoms with Gasteiger partial charge in [0.2, 0.25) is 0 Å². The molecule has 0 saturated heterocycles. The summed E-state index contributed by atoms with van der Waals surface area (Å²) in [7, 11) is -1.34. The molecule has 1 aromatic heterocycles. The van der Waals surface area contributed by atoms with Gasteiger partial charge in [0, 0.05) is 32.0 Å². The third-order valence-corrected chi connectivity index (χ3v) is 3.55. The Labute approximate surface area is 113 Å². The first-order chi connectivity index (χ1) is 8.83. The molecule has 0 amide bonds. The molecule has 8 heteroatoms. The Balaban J connectivity index is 2.46. The van der Waals surface area contributed by atoms with Crippen LogP contribution in [0.4, 0.5) is 0 Å². The molecule has 0 fully saturated rings. The largest absolute Gasteiger partial charge is 0.361 e. The van der Waals surface area contributed by atoms with Crippen LogP contribution in [0.1, 0.15) is 17.0 Å². The minimum atomic E-state index is -2.97. The van der Waals surface area contributed by atoms with Gasteiger partial charge in [-0.1, -0.05) is 5.16 Å². The first kappa shape index (κ1) is 15.5. The Morgan fingerprint density at radius 2 is 2.05 bits per heavy atom. The van der Waals surface area contributed by atoms with Crippen molar-refractivity contribution < 1.29 is 12.9 Å². The molecule has 0 atom stereocenters. The average Bonchev–Trinajstić information content (AvgIpc) is 2.62. The zero-order chi connectivity index (χ0) is 14.5. The molecule has 0 radical (unpaired) electrons. The highest BCUT2D eigenvalue weighted by Gasteiger charge is 2.09. The number of hydrogen-bond donors (Lipinski definition) is 2. The molecule has 1 heterocycles. The second-order valence-corrected chi connectivity index (χ2v) is 6.54. The number of hydrogen-bond acceptors (Lipinski definition) is 5. The fraction of sp³-hybridized carbons (Fsp3) is 0.636. The van der Waals surface area contributed by atoms with Crippen LogP contribution in [-0.4, -0.2) is 45.1 Å². The molecule has 0 spiro atoms. The van der Waals surface area contributed by atoms with Crippen molar-refractivity contribution in [3.05, 3.63) is 17.0 Å². The lowest BCUT2D eigenvalue weighted by atomic mass is 10.2. The average molecular weight is 288 g/mol. The summed E-state index contributed by atoms with van der Waals surface area (Å²) in [6.45, 7) is 4.56. The van der Waals surface area contributed by atoms with Crippen molar-refractivity contribution in [2.75, 3.05) is 25.6 Å². The van der Waals surface area contributed by atoms with Crippen LogP contribution in [0.15, 0.2) is 9.52 Å². The Morgan fingerprint density at radius 3 is 2.53 bits per heavy atom. The molecule has 0 aliphatic rings. The van der Waals surface area contributed by atoms with Crippen molar-refractivity contribution in [1.82, 2.24) is 15.8 Å². The van der Waals surface area contributed by atoms with Crippen LogP contribution < -0.4 is 10.6 Å². The zero-order valence-corrected chi connectivity index (χ0v) is 12.5. The third-order valence-electron chi connectivity index (χ3n) is 2.60. The van der Waals surface area contributed by atoms with Crippen molar-refractivity contribution in [1.29, 1.82) is 0 Å². The lowest BCUT2D eigenvalue weighted by molar-refractivity contribution is 0.392. The SMILES string of the molecule is CN=C(NCCS(C)(=O)=O)NCc1c(C)noc1C. The van der Waals surface area contributed by atoms with Gasteiger partial charge in [0.25, 0.3) is 0 Å². The van der Waals surface area contributed by atoms with Crippen molar-refractivity contribution in [2.45, 2.75) is 20.4 Å². The maximum absolute atomic E-state index is 11.0. The summed E-state index contributed by atoms with van der Waals surface area (Å²) in [6, 6.07) is 0. The van der Waals surface area contributed by atoms with Crippen LogP contribution in [0.3, 0.4) is 0 Å².